The Balaban J connectivity index is 1.75. The van der Waals surface area contributed by atoms with Crippen LogP contribution in [0.3, 0.4) is 0 Å². The third kappa shape index (κ3) is 9.21. The van der Waals surface area contributed by atoms with E-state index in [1.165, 1.54) is 62.5 Å². The molecule has 0 aliphatic rings. The van der Waals surface area contributed by atoms with Crippen LogP contribution < -0.4 is 0 Å². The van der Waals surface area contributed by atoms with Gasteiger partial charge in [-0.3, -0.25) is 4.79 Å². The molecule has 0 atom stereocenters. The van der Waals surface area contributed by atoms with E-state index >= 15 is 0 Å². The van der Waals surface area contributed by atoms with Crippen molar-refractivity contribution in [3.8, 4) is 0 Å². The minimum Gasteiger partial charge on any atom is -0.334 e. The fourth-order valence-electron chi connectivity index (χ4n) is 3.58. The van der Waals surface area contributed by atoms with Gasteiger partial charge in [0.25, 0.3) is 0 Å². The lowest BCUT2D eigenvalue weighted by Crippen LogP contribution is -2.29. The van der Waals surface area contributed by atoms with E-state index in [1.54, 1.807) is 0 Å². The van der Waals surface area contributed by atoms with Gasteiger partial charge in [-0.1, -0.05) is 119 Å². The van der Waals surface area contributed by atoms with Gasteiger partial charge in [-0.05, 0) is 17.5 Å². The number of carbonyl (C=O) groups is 1. The zero-order valence-corrected chi connectivity index (χ0v) is 17.6. The molecule has 2 aromatic rings. The highest BCUT2D eigenvalue weighted by Crippen LogP contribution is 2.15. The Morgan fingerprint density at radius 3 is 1.54 bits per heavy atom. The van der Waals surface area contributed by atoms with Crippen molar-refractivity contribution in [2.45, 2.75) is 84.2 Å². The summed E-state index contributed by atoms with van der Waals surface area (Å²) in [6.45, 7) is 3.63. The van der Waals surface area contributed by atoms with Crippen molar-refractivity contribution in [2.24, 2.45) is 0 Å². The second-order valence-electron chi connectivity index (χ2n) is 7.80. The van der Waals surface area contributed by atoms with Crippen LogP contribution in [0.25, 0.3) is 0 Å². The Labute approximate surface area is 172 Å². The molecule has 0 aliphatic heterocycles. The molecule has 2 nitrogen and oxygen atoms in total. The van der Waals surface area contributed by atoms with Gasteiger partial charge < -0.3 is 4.90 Å². The number of rotatable bonds is 14. The summed E-state index contributed by atoms with van der Waals surface area (Å²) in [5, 5.41) is 0. The second kappa shape index (κ2) is 14.0. The van der Waals surface area contributed by atoms with Crippen molar-refractivity contribution in [1.82, 2.24) is 4.90 Å². The topological polar surface area (TPSA) is 20.3 Å². The molecular weight excluding hydrogens is 342 g/mol. The molecule has 0 radical (unpaired) electrons. The first kappa shape index (κ1) is 22.2. The first-order valence-corrected chi connectivity index (χ1v) is 11.1. The fraction of sp³-hybridized carbons (Fsp3) is 0.500. The van der Waals surface area contributed by atoms with Crippen LogP contribution in [0.4, 0.5) is 0 Å². The molecule has 1 amide bonds. The third-order valence-corrected chi connectivity index (χ3v) is 5.28. The quantitative estimate of drug-likeness (QED) is 0.319. The van der Waals surface area contributed by atoms with Crippen LogP contribution in [0.2, 0.25) is 0 Å². The van der Waals surface area contributed by atoms with Gasteiger partial charge in [0.05, 0.1) is 0 Å². The molecule has 0 aromatic heterocycles. The van der Waals surface area contributed by atoms with Crippen LogP contribution in [0, 0.1) is 0 Å². The Morgan fingerprint density at radius 1 is 0.643 bits per heavy atom. The van der Waals surface area contributed by atoms with Gasteiger partial charge in [0.15, 0.2) is 0 Å². The minimum atomic E-state index is 0.274. The molecule has 28 heavy (non-hydrogen) atoms. The number of benzene rings is 2. The largest absolute Gasteiger partial charge is 0.334 e. The van der Waals surface area contributed by atoms with Gasteiger partial charge in [0.1, 0.15) is 0 Å². The van der Waals surface area contributed by atoms with E-state index < -0.39 is 0 Å². The molecule has 0 unspecified atom stereocenters. The van der Waals surface area contributed by atoms with Gasteiger partial charge in [0.2, 0.25) is 5.91 Å². The van der Waals surface area contributed by atoms with Crippen molar-refractivity contribution in [3.05, 3.63) is 71.8 Å². The number of unbranched alkanes of at least 4 members (excludes halogenated alkanes) is 8. The summed E-state index contributed by atoms with van der Waals surface area (Å²) in [5.74, 6) is 0.274. The van der Waals surface area contributed by atoms with Gasteiger partial charge in [-0.2, -0.15) is 0 Å². The highest BCUT2D eigenvalue weighted by molar-refractivity contribution is 5.76. The van der Waals surface area contributed by atoms with Crippen LogP contribution in [0.15, 0.2) is 60.7 Å². The lowest BCUT2D eigenvalue weighted by atomic mass is 10.1. The van der Waals surface area contributed by atoms with Crippen LogP contribution in [-0.2, 0) is 17.9 Å². The summed E-state index contributed by atoms with van der Waals surface area (Å²) < 4.78 is 0. The SMILES string of the molecule is CCCCCCCCCCCC(=O)N(Cc1ccccc1)Cc1ccccc1. The van der Waals surface area contributed by atoms with Crippen molar-refractivity contribution >= 4 is 5.91 Å². The predicted octanol–water partition coefficient (Wildman–Crippen LogP) is 7.14. The van der Waals surface area contributed by atoms with Gasteiger partial charge >= 0.3 is 0 Å². The maximum atomic E-state index is 12.9. The molecule has 0 saturated carbocycles. The molecule has 0 saturated heterocycles. The lowest BCUT2D eigenvalue weighted by molar-refractivity contribution is -0.132. The average Bonchev–Trinajstić information content (AvgIpc) is 2.73. The van der Waals surface area contributed by atoms with Crippen LogP contribution >= 0.6 is 0 Å². The molecule has 2 rings (SSSR count). The van der Waals surface area contributed by atoms with Crippen LogP contribution in [0.1, 0.15) is 82.3 Å². The molecule has 2 heteroatoms. The Kier molecular flexibility index (Phi) is 11.1. The molecule has 0 heterocycles. The molecule has 0 fully saturated rings. The Morgan fingerprint density at radius 2 is 1.07 bits per heavy atom. The van der Waals surface area contributed by atoms with Crippen LogP contribution in [-0.4, -0.2) is 10.8 Å². The Bertz CT molecular complexity index is 596. The number of amides is 1. The zero-order valence-electron chi connectivity index (χ0n) is 17.6. The highest BCUT2D eigenvalue weighted by atomic mass is 16.2. The Hall–Kier alpha value is -2.09. The van der Waals surface area contributed by atoms with E-state index in [0.717, 1.165) is 6.42 Å². The summed E-state index contributed by atoms with van der Waals surface area (Å²) >= 11 is 0. The highest BCUT2D eigenvalue weighted by Gasteiger charge is 2.14. The normalized spacial score (nSPS) is 10.8. The molecule has 0 bridgehead atoms. The number of carbonyl (C=O) groups excluding carboxylic acids is 1. The van der Waals surface area contributed by atoms with E-state index in [9.17, 15) is 4.79 Å². The molecule has 2 aromatic carbocycles. The van der Waals surface area contributed by atoms with Gasteiger partial charge in [-0.15, -0.1) is 0 Å². The smallest absolute Gasteiger partial charge is 0.223 e. The van der Waals surface area contributed by atoms with Crippen LogP contribution in [0.5, 0.6) is 0 Å². The van der Waals surface area contributed by atoms with Crippen molar-refractivity contribution in [3.63, 3.8) is 0 Å². The molecular formula is C26H37NO. The summed E-state index contributed by atoms with van der Waals surface area (Å²) in [6, 6.07) is 20.6. The monoisotopic (exact) mass is 379 g/mol. The first-order valence-electron chi connectivity index (χ1n) is 11.1. The van der Waals surface area contributed by atoms with E-state index in [1.807, 2.05) is 41.3 Å². The van der Waals surface area contributed by atoms with E-state index in [4.69, 9.17) is 0 Å². The number of hydrogen-bond donors (Lipinski definition) is 0. The van der Waals surface area contributed by atoms with Gasteiger partial charge in [-0.25, -0.2) is 0 Å². The predicted molar refractivity (Wildman–Crippen MR) is 119 cm³/mol. The fourth-order valence-corrected chi connectivity index (χ4v) is 3.58. The maximum Gasteiger partial charge on any atom is 0.223 e. The van der Waals surface area contributed by atoms with Crippen molar-refractivity contribution in [2.75, 3.05) is 0 Å². The van der Waals surface area contributed by atoms with E-state index in [-0.39, 0.29) is 5.91 Å². The van der Waals surface area contributed by atoms with Crippen molar-refractivity contribution in [1.29, 1.82) is 0 Å². The number of hydrogen-bond acceptors (Lipinski definition) is 1. The standard InChI is InChI=1S/C26H37NO/c1-2-3-4-5-6-7-8-9-16-21-26(28)27(22-24-17-12-10-13-18-24)23-25-19-14-11-15-20-25/h10-15,17-20H,2-9,16,21-23H2,1H3. The minimum absolute atomic E-state index is 0.274. The number of nitrogens with zero attached hydrogens (tertiary/aromatic N) is 1. The molecule has 0 spiro atoms. The van der Waals surface area contributed by atoms with Gasteiger partial charge in [0, 0.05) is 19.5 Å². The van der Waals surface area contributed by atoms with E-state index in [0.29, 0.717) is 19.5 Å². The van der Waals surface area contributed by atoms with E-state index in [2.05, 4.69) is 31.2 Å². The third-order valence-electron chi connectivity index (χ3n) is 5.28. The molecule has 0 aliphatic carbocycles. The summed E-state index contributed by atoms with van der Waals surface area (Å²) in [5.41, 5.74) is 2.39. The van der Waals surface area contributed by atoms with Crippen molar-refractivity contribution < 1.29 is 4.79 Å². The summed E-state index contributed by atoms with van der Waals surface area (Å²) in [4.78, 5) is 14.9. The first-order chi connectivity index (χ1) is 13.8. The maximum absolute atomic E-state index is 12.9. The average molecular weight is 380 g/mol. The zero-order chi connectivity index (χ0) is 19.9. The second-order valence-corrected chi connectivity index (χ2v) is 7.80. The lowest BCUT2D eigenvalue weighted by Gasteiger charge is -2.23. The summed E-state index contributed by atoms with van der Waals surface area (Å²) in [7, 11) is 0. The molecule has 0 N–H and O–H groups in total. The molecule has 152 valence electrons. The summed E-state index contributed by atoms with van der Waals surface area (Å²) in [6.07, 6.45) is 12.2.